The van der Waals surface area contributed by atoms with Crippen molar-refractivity contribution in [3.8, 4) is 0 Å². The van der Waals surface area contributed by atoms with Crippen molar-refractivity contribution in [3.63, 3.8) is 0 Å². The number of nitrogens with zero attached hydrogens (tertiary/aromatic N) is 1. The second-order valence-electron chi connectivity index (χ2n) is 7.77. The number of amides is 3. The lowest BCUT2D eigenvalue weighted by Gasteiger charge is -2.25. The number of rotatable bonds is 9. The Morgan fingerprint density at radius 3 is 2.27 bits per heavy atom. The molecule has 1 aliphatic heterocycles. The normalized spacial score (nSPS) is 17.7. The van der Waals surface area contributed by atoms with E-state index in [9.17, 15) is 14.7 Å². The number of carbonyl (C=O) groups excluding carboxylic acids is 2. The third-order valence-corrected chi connectivity index (χ3v) is 5.87. The van der Waals surface area contributed by atoms with E-state index in [1.54, 1.807) is 0 Å². The first-order chi connectivity index (χ1) is 14.4. The quantitative estimate of drug-likeness (QED) is 0.620. The number of hydrogen-bond donors (Lipinski definition) is 2. The molecule has 2 atom stereocenters. The molecule has 6 nitrogen and oxygen atoms in total. The van der Waals surface area contributed by atoms with E-state index < -0.39 is 17.7 Å². The van der Waals surface area contributed by atoms with Crippen molar-refractivity contribution >= 4 is 11.9 Å². The van der Waals surface area contributed by atoms with Gasteiger partial charge in [-0.15, -0.1) is 0 Å². The Morgan fingerprint density at radius 2 is 1.67 bits per heavy atom. The Bertz CT molecular complexity index is 880. The van der Waals surface area contributed by atoms with E-state index in [0.29, 0.717) is 12.8 Å². The number of imide groups is 1. The molecule has 2 aromatic carbocycles. The number of β-amino-alcohol motifs (C(OH)–C–C–N with tert-alkyl or cyclic N) is 1. The molecule has 0 radical (unpaired) electrons. The van der Waals surface area contributed by atoms with Crippen molar-refractivity contribution in [3.05, 3.63) is 71.3 Å². The van der Waals surface area contributed by atoms with Gasteiger partial charge in [-0.1, -0.05) is 68.4 Å². The first-order valence-corrected chi connectivity index (χ1v) is 10.5. The minimum Gasteiger partial charge on any atom is -0.389 e. The molecule has 0 aliphatic carbocycles. The topological polar surface area (TPSA) is 78.9 Å². The van der Waals surface area contributed by atoms with Gasteiger partial charge in [0.05, 0.1) is 19.3 Å². The van der Waals surface area contributed by atoms with Crippen molar-refractivity contribution in [2.24, 2.45) is 0 Å². The van der Waals surface area contributed by atoms with Gasteiger partial charge in [-0.2, -0.15) is 0 Å². The van der Waals surface area contributed by atoms with E-state index in [0.717, 1.165) is 21.6 Å². The first kappa shape index (κ1) is 22.0. The van der Waals surface area contributed by atoms with E-state index in [-0.39, 0.29) is 25.2 Å². The van der Waals surface area contributed by atoms with Crippen LogP contribution in [0.2, 0.25) is 0 Å². The minimum absolute atomic E-state index is 0.00376. The van der Waals surface area contributed by atoms with Crippen LogP contribution in [0, 0.1) is 6.92 Å². The molecule has 30 heavy (non-hydrogen) atoms. The van der Waals surface area contributed by atoms with Crippen molar-refractivity contribution < 1.29 is 19.4 Å². The van der Waals surface area contributed by atoms with Gasteiger partial charge >= 0.3 is 6.03 Å². The summed E-state index contributed by atoms with van der Waals surface area (Å²) in [7, 11) is 0. The van der Waals surface area contributed by atoms with Crippen molar-refractivity contribution in [1.29, 1.82) is 0 Å². The highest BCUT2D eigenvalue weighted by atomic mass is 16.5. The molecule has 6 heteroatoms. The van der Waals surface area contributed by atoms with Gasteiger partial charge in [-0.25, -0.2) is 4.79 Å². The SMILES string of the molecule is CCC1(CC)NC(=O)N(C[C@@H](O)CO[C@@H](c2ccccc2)c2ccccc2C)C1=O. The molecule has 1 saturated heterocycles. The molecule has 160 valence electrons. The summed E-state index contributed by atoms with van der Waals surface area (Å²) < 4.78 is 6.12. The molecule has 3 rings (SSSR count). The van der Waals surface area contributed by atoms with Gasteiger partial charge in [-0.3, -0.25) is 9.69 Å². The lowest BCUT2D eigenvalue weighted by molar-refractivity contribution is -0.133. The Balaban J connectivity index is 1.71. The Labute approximate surface area is 177 Å². The molecule has 0 unspecified atom stereocenters. The standard InChI is InChI=1S/C24H30N2O4/c1-4-24(5-2)22(28)26(23(29)25-24)15-19(27)16-30-21(18-12-7-6-8-13-18)20-14-10-9-11-17(20)3/h6-14,19,21,27H,4-5,15-16H2,1-3H3,(H,25,29)/t19-,21+/m1/s1. The van der Waals surface area contributed by atoms with Crippen LogP contribution in [0.15, 0.2) is 54.6 Å². The fraction of sp³-hybridized carbons (Fsp3) is 0.417. The zero-order valence-corrected chi connectivity index (χ0v) is 17.8. The van der Waals surface area contributed by atoms with Gasteiger partial charge in [0.2, 0.25) is 0 Å². The average Bonchev–Trinajstić information content (AvgIpc) is 3.00. The van der Waals surface area contributed by atoms with E-state index in [1.807, 2.05) is 75.4 Å². The average molecular weight is 411 g/mol. The van der Waals surface area contributed by atoms with E-state index >= 15 is 0 Å². The van der Waals surface area contributed by atoms with Gasteiger partial charge < -0.3 is 15.2 Å². The van der Waals surface area contributed by atoms with Crippen LogP contribution in [0.3, 0.4) is 0 Å². The van der Waals surface area contributed by atoms with Crippen LogP contribution in [-0.4, -0.2) is 46.7 Å². The monoisotopic (exact) mass is 410 g/mol. The van der Waals surface area contributed by atoms with Crippen LogP contribution in [0.5, 0.6) is 0 Å². The summed E-state index contributed by atoms with van der Waals surface area (Å²) in [6, 6.07) is 17.3. The van der Waals surface area contributed by atoms with Crippen molar-refractivity contribution in [1.82, 2.24) is 10.2 Å². The van der Waals surface area contributed by atoms with Gasteiger partial charge in [0.15, 0.2) is 0 Å². The third-order valence-electron chi connectivity index (χ3n) is 5.87. The maximum Gasteiger partial charge on any atom is 0.325 e. The number of ether oxygens (including phenoxy) is 1. The second-order valence-corrected chi connectivity index (χ2v) is 7.77. The molecule has 2 aromatic rings. The van der Waals surface area contributed by atoms with Crippen molar-refractivity contribution in [2.75, 3.05) is 13.2 Å². The highest BCUT2D eigenvalue weighted by molar-refractivity contribution is 6.07. The Morgan fingerprint density at radius 1 is 1.03 bits per heavy atom. The van der Waals surface area contributed by atoms with Gasteiger partial charge in [0.25, 0.3) is 5.91 Å². The zero-order chi connectivity index (χ0) is 21.7. The Kier molecular flexibility index (Phi) is 6.90. The molecule has 0 aromatic heterocycles. The van der Waals surface area contributed by atoms with E-state index in [4.69, 9.17) is 4.74 Å². The van der Waals surface area contributed by atoms with Crippen molar-refractivity contribution in [2.45, 2.75) is 51.4 Å². The predicted octanol–water partition coefficient (Wildman–Crippen LogP) is 3.57. The smallest absolute Gasteiger partial charge is 0.325 e. The number of hydrogen-bond acceptors (Lipinski definition) is 4. The first-order valence-electron chi connectivity index (χ1n) is 10.5. The van der Waals surface area contributed by atoms with Crippen LogP contribution in [0.1, 0.15) is 49.5 Å². The zero-order valence-electron chi connectivity index (χ0n) is 17.8. The summed E-state index contributed by atoms with van der Waals surface area (Å²) in [5.41, 5.74) is 2.21. The molecule has 0 bridgehead atoms. The number of carbonyl (C=O) groups is 2. The molecular formula is C24H30N2O4. The lowest BCUT2D eigenvalue weighted by atomic mass is 9.93. The van der Waals surface area contributed by atoms with Crippen LogP contribution in [0.25, 0.3) is 0 Å². The third kappa shape index (κ3) is 4.40. The van der Waals surface area contributed by atoms with Gasteiger partial charge in [0.1, 0.15) is 11.6 Å². The molecule has 1 heterocycles. The van der Waals surface area contributed by atoms with Crippen LogP contribution >= 0.6 is 0 Å². The number of urea groups is 1. The predicted molar refractivity (Wildman–Crippen MR) is 115 cm³/mol. The highest BCUT2D eigenvalue weighted by Gasteiger charge is 2.49. The Hall–Kier alpha value is -2.70. The van der Waals surface area contributed by atoms with Gasteiger partial charge in [0, 0.05) is 0 Å². The lowest BCUT2D eigenvalue weighted by Crippen LogP contribution is -2.46. The van der Waals surface area contributed by atoms with Crippen LogP contribution in [-0.2, 0) is 9.53 Å². The molecule has 3 amide bonds. The molecule has 1 aliphatic rings. The summed E-state index contributed by atoms with van der Waals surface area (Å²) >= 11 is 0. The number of aryl methyl sites for hydroxylation is 1. The van der Waals surface area contributed by atoms with Crippen LogP contribution < -0.4 is 5.32 Å². The molecule has 0 saturated carbocycles. The fourth-order valence-corrected chi connectivity index (χ4v) is 3.92. The summed E-state index contributed by atoms with van der Waals surface area (Å²) in [6.07, 6.45) is -0.309. The number of aliphatic hydroxyl groups excluding tert-OH is 1. The largest absolute Gasteiger partial charge is 0.389 e. The molecule has 0 spiro atoms. The van der Waals surface area contributed by atoms with Crippen LogP contribution in [0.4, 0.5) is 4.79 Å². The number of benzene rings is 2. The van der Waals surface area contributed by atoms with E-state index in [1.165, 1.54) is 0 Å². The number of nitrogens with one attached hydrogen (secondary N) is 1. The minimum atomic E-state index is -0.987. The van der Waals surface area contributed by atoms with Gasteiger partial charge in [-0.05, 0) is 36.5 Å². The highest BCUT2D eigenvalue weighted by Crippen LogP contribution is 2.29. The fourth-order valence-electron chi connectivity index (χ4n) is 3.92. The second kappa shape index (κ2) is 9.41. The summed E-state index contributed by atoms with van der Waals surface area (Å²) in [5.74, 6) is -0.282. The molecule has 1 fully saturated rings. The molecular weight excluding hydrogens is 380 g/mol. The van der Waals surface area contributed by atoms with E-state index in [2.05, 4.69) is 5.32 Å². The number of aliphatic hydroxyl groups is 1. The summed E-state index contributed by atoms with van der Waals surface area (Å²) in [6.45, 7) is 5.67. The maximum absolute atomic E-state index is 12.8. The molecule has 2 N–H and O–H groups in total. The summed E-state index contributed by atoms with van der Waals surface area (Å²) in [5, 5.41) is 13.4. The summed E-state index contributed by atoms with van der Waals surface area (Å²) in [4.78, 5) is 26.2. The maximum atomic E-state index is 12.8.